The van der Waals surface area contributed by atoms with Crippen molar-refractivity contribution in [1.29, 1.82) is 5.26 Å². The molecule has 1 atom stereocenters. The Morgan fingerprint density at radius 2 is 2.06 bits per heavy atom. The second-order valence-electron chi connectivity index (χ2n) is 8.08. The van der Waals surface area contributed by atoms with E-state index in [9.17, 15) is 18.4 Å². The van der Waals surface area contributed by atoms with Crippen LogP contribution in [0.25, 0.3) is 22.6 Å². The molecule has 0 bridgehead atoms. The first-order chi connectivity index (χ1) is 16.3. The molecule has 1 aliphatic rings. The number of fused-ring (bicyclic) bond motifs is 1. The van der Waals surface area contributed by atoms with Crippen molar-refractivity contribution in [3.63, 3.8) is 0 Å². The summed E-state index contributed by atoms with van der Waals surface area (Å²) in [7, 11) is 0. The monoisotopic (exact) mass is 461 g/mol. The van der Waals surface area contributed by atoms with Gasteiger partial charge in [-0.05, 0) is 54.5 Å². The first-order valence-electron chi connectivity index (χ1n) is 10.6. The van der Waals surface area contributed by atoms with Gasteiger partial charge < -0.3 is 10.2 Å². The van der Waals surface area contributed by atoms with Crippen molar-refractivity contribution in [2.24, 2.45) is 0 Å². The number of rotatable bonds is 5. The number of carbonyl (C=O) groups excluding carboxylic acids is 2. The number of carbonyl (C=O) groups is 2. The zero-order chi connectivity index (χ0) is 24.3. The third-order valence-electron chi connectivity index (χ3n) is 5.63. The smallest absolute Gasteiger partial charge is 0.268 e. The Bertz CT molecular complexity index is 1320. The molecule has 0 saturated carbocycles. The van der Waals surface area contributed by atoms with Crippen molar-refractivity contribution >= 4 is 34.4 Å². The third kappa shape index (κ3) is 4.91. The lowest BCUT2D eigenvalue weighted by Crippen LogP contribution is -2.43. The topological polar surface area (TPSA) is 99.0 Å². The molecule has 1 aromatic carbocycles. The fourth-order valence-corrected chi connectivity index (χ4v) is 3.90. The van der Waals surface area contributed by atoms with Crippen LogP contribution in [0.4, 0.5) is 8.78 Å². The lowest BCUT2D eigenvalue weighted by Gasteiger charge is -2.19. The van der Waals surface area contributed by atoms with Crippen LogP contribution in [0.5, 0.6) is 0 Å². The summed E-state index contributed by atoms with van der Waals surface area (Å²) >= 11 is 0. The Balaban J connectivity index is 1.54. The Morgan fingerprint density at radius 1 is 1.24 bits per heavy atom. The Morgan fingerprint density at radius 3 is 2.79 bits per heavy atom. The summed E-state index contributed by atoms with van der Waals surface area (Å²) in [6, 6.07) is 13.2. The standard InChI is InChI=1S/C25H21F2N5O2/c1-16(10-18-4-2-3-8-29-18)17-5-6-22-21(11-17)20(7-9-30-22)24(34)31-14-23(33)32-15-25(26,27)12-19(32)13-28/h2-11,19H,12,14-15H2,1H3,(H,31,34)/b16-10+. The number of amides is 2. The molecule has 9 heteroatoms. The fourth-order valence-electron chi connectivity index (χ4n) is 3.90. The van der Waals surface area contributed by atoms with Crippen LogP contribution < -0.4 is 5.32 Å². The number of nitrogens with zero attached hydrogens (tertiary/aromatic N) is 4. The largest absolute Gasteiger partial charge is 0.343 e. The number of hydrogen-bond donors (Lipinski definition) is 1. The molecule has 1 fully saturated rings. The van der Waals surface area contributed by atoms with Crippen LogP contribution in [0.15, 0.2) is 54.9 Å². The quantitative estimate of drug-likeness (QED) is 0.625. The van der Waals surface area contributed by atoms with Crippen molar-refractivity contribution in [1.82, 2.24) is 20.2 Å². The minimum absolute atomic E-state index is 0.300. The minimum Gasteiger partial charge on any atom is -0.343 e. The predicted molar refractivity (Wildman–Crippen MR) is 123 cm³/mol. The summed E-state index contributed by atoms with van der Waals surface area (Å²) in [5, 5.41) is 12.2. The van der Waals surface area contributed by atoms with Gasteiger partial charge in [0.05, 0.1) is 35.9 Å². The third-order valence-corrected chi connectivity index (χ3v) is 5.63. The molecule has 172 valence electrons. The molecule has 1 unspecified atom stereocenters. The fraction of sp³-hybridized carbons (Fsp3) is 0.240. The summed E-state index contributed by atoms with van der Waals surface area (Å²) in [5.41, 5.74) is 3.49. The molecular weight excluding hydrogens is 440 g/mol. The molecule has 4 rings (SSSR count). The van der Waals surface area contributed by atoms with Crippen LogP contribution in [-0.4, -0.2) is 51.7 Å². The van der Waals surface area contributed by atoms with E-state index in [4.69, 9.17) is 5.26 Å². The van der Waals surface area contributed by atoms with E-state index >= 15 is 0 Å². The number of benzene rings is 1. The number of aromatic nitrogens is 2. The molecule has 0 radical (unpaired) electrons. The van der Waals surface area contributed by atoms with E-state index in [1.807, 2.05) is 43.3 Å². The minimum atomic E-state index is -3.11. The zero-order valence-electron chi connectivity index (χ0n) is 18.3. The van der Waals surface area contributed by atoms with Gasteiger partial charge in [0.15, 0.2) is 0 Å². The highest BCUT2D eigenvalue weighted by Gasteiger charge is 2.47. The van der Waals surface area contributed by atoms with E-state index in [-0.39, 0.29) is 0 Å². The Hall–Kier alpha value is -4.19. The summed E-state index contributed by atoms with van der Waals surface area (Å²) in [5.74, 6) is -4.38. The molecule has 3 heterocycles. The summed E-state index contributed by atoms with van der Waals surface area (Å²) in [6.45, 7) is 0.612. The number of nitrogens with one attached hydrogen (secondary N) is 1. The highest BCUT2D eigenvalue weighted by molar-refractivity contribution is 6.07. The van der Waals surface area contributed by atoms with Crippen molar-refractivity contribution in [2.45, 2.75) is 25.3 Å². The van der Waals surface area contributed by atoms with Gasteiger partial charge in [-0.3, -0.25) is 19.6 Å². The lowest BCUT2D eigenvalue weighted by atomic mass is 10.0. The molecule has 3 aromatic rings. The second kappa shape index (κ2) is 9.35. The number of pyridine rings is 2. The second-order valence-corrected chi connectivity index (χ2v) is 8.08. The van der Waals surface area contributed by atoms with Crippen LogP contribution >= 0.6 is 0 Å². The van der Waals surface area contributed by atoms with Gasteiger partial charge in [-0.1, -0.05) is 12.1 Å². The molecule has 1 N–H and O–H groups in total. The maximum Gasteiger partial charge on any atom is 0.268 e. The van der Waals surface area contributed by atoms with Crippen molar-refractivity contribution in [2.75, 3.05) is 13.1 Å². The number of likely N-dealkylation sites (tertiary alicyclic amines) is 1. The molecule has 0 aliphatic carbocycles. The molecule has 2 amide bonds. The van der Waals surface area contributed by atoms with Crippen LogP contribution in [-0.2, 0) is 4.79 Å². The van der Waals surface area contributed by atoms with Gasteiger partial charge in [0.25, 0.3) is 11.8 Å². The van der Waals surface area contributed by atoms with Gasteiger partial charge in [-0.15, -0.1) is 0 Å². The zero-order valence-corrected chi connectivity index (χ0v) is 18.3. The maximum absolute atomic E-state index is 13.6. The molecule has 1 aliphatic heterocycles. The molecule has 7 nitrogen and oxygen atoms in total. The average molecular weight is 461 g/mol. The van der Waals surface area contributed by atoms with Crippen LogP contribution in [0.3, 0.4) is 0 Å². The first-order valence-corrected chi connectivity index (χ1v) is 10.6. The van der Waals surface area contributed by atoms with Gasteiger partial charge in [-0.2, -0.15) is 5.26 Å². The normalized spacial score (nSPS) is 17.4. The SMILES string of the molecule is C/C(=C\c1ccccn1)c1ccc2nccc(C(=O)NCC(=O)N3CC(F)(F)CC3C#N)c2c1. The number of halogens is 2. The highest BCUT2D eigenvalue weighted by Crippen LogP contribution is 2.31. The maximum atomic E-state index is 13.6. The van der Waals surface area contributed by atoms with Crippen molar-refractivity contribution < 1.29 is 18.4 Å². The van der Waals surface area contributed by atoms with Crippen molar-refractivity contribution in [3.8, 4) is 6.07 Å². The highest BCUT2D eigenvalue weighted by atomic mass is 19.3. The van der Waals surface area contributed by atoms with Gasteiger partial charge in [0, 0.05) is 24.2 Å². The number of nitriles is 1. The Kier molecular flexibility index (Phi) is 6.32. The van der Waals surface area contributed by atoms with Crippen LogP contribution in [0, 0.1) is 11.3 Å². The van der Waals surface area contributed by atoms with E-state index in [2.05, 4.69) is 15.3 Å². The number of hydrogen-bond acceptors (Lipinski definition) is 5. The summed E-state index contributed by atoms with van der Waals surface area (Å²) < 4.78 is 27.2. The van der Waals surface area contributed by atoms with Crippen LogP contribution in [0.2, 0.25) is 0 Å². The lowest BCUT2D eigenvalue weighted by molar-refractivity contribution is -0.131. The summed E-state index contributed by atoms with van der Waals surface area (Å²) in [4.78, 5) is 34.7. The van der Waals surface area contributed by atoms with Gasteiger partial charge >= 0.3 is 0 Å². The van der Waals surface area contributed by atoms with Crippen LogP contribution in [0.1, 0.15) is 35.0 Å². The van der Waals surface area contributed by atoms with E-state index < -0.39 is 43.3 Å². The first kappa shape index (κ1) is 23.0. The molecule has 1 saturated heterocycles. The Labute approximate surface area is 194 Å². The number of alkyl halides is 2. The molecular formula is C25H21F2N5O2. The van der Waals surface area contributed by atoms with Gasteiger partial charge in [0.2, 0.25) is 5.91 Å². The van der Waals surface area contributed by atoms with E-state index in [1.165, 1.54) is 12.3 Å². The van der Waals surface area contributed by atoms with E-state index in [1.54, 1.807) is 18.3 Å². The molecule has 2 aromatic heterocycles. The molecule has 34 heavy (non-hydrogen) atoms. The van der Waals surface area contributed by atoms with E-state index in [0.29, 0.717) is 16.5 Å². The summed E-state index contributed by atoms with van der Waals surface area (Å²) in [6.07, 6.45) is 4.41. The predicted octanol–water partition coefficient (Wildman–Crippen LogP) is 3.68. The van der Waals surface area contributed by atoms with Crippen molar-refractivity contribution in [3.05, 3.63) is 71.7 Å². The van der Waals surface area contributed by atoms with Gasteiger partial charge in [-0.25, -0.2) is 8.78 Å². The average Bonchev–Trinajstić information content (AvgIpc) is 3.16. The van der Waals surface area contributed by atoms with Gasteiger partial charge in [0.1, 0.15) is 6.04 Å². The number of allylic oxidation sites excluding steroid dienone is 1. The van der Waals surface area contributed by atoms with E-state index in [0.717, 1.165) is 21.7 Å². The molecule has 0 spiro atoms.